The van der Waals surface area contributed by atoms with Gasteiger partial charge in [-0.3, -0.25) is 4.40 Å². The first-order valence-corrected chi connectivity index (χ1v) is 8.16. The van der Waals surface area contributed by atoms with Crippen molar-refractivity contribution in [3.63, 3.8) is 0 Å². The number of halogens is 1. The number of esters is 1. The van der Waals surface area contributed by atoms with Gasteiger partial charge in [0.1, 0.15) is 5.65 Å². The van der Waals surface area contributed by atoms with Crippen LogP contribution in [0.25, 0.3) is 27.9 Å². The van der Waals surface area contributed by atoms with Crippen LogP contribution in [0.15, 0.2) is 42.6 Å². The molecule has 0 aliphatic rings. The molecule has 0 fully saturated rings. The number of hydrogen-bond acceptors (Lipinski definition) is 5. The Morgan fingerprint density at radius 2 is 1.88 bits per heavy atom. The lowest BCUT2D eigenvalue weighted by atomic mass is 10.1. The Bertz CT molecular complexity index is 1140. The van der Waals surface area contributed by atoms with Crippen LogP contribution in [-0.2, 0) is 4.74 Å². The third kappa shape index (κ3) is 2.67. The summed E-state index contributed by atoms with van der Waals surface area (Å²) >= 11 is 0. The average molecular weight is 350 g/mol. The minimum Gasteiger partial charge on any atom is -0.461 e. The lowest BCUT2D eigenvalue weighted by Gasteiger charge is -2.07. The Morgan fingerprint density at radius 3 is 2.62 bits per heavy atom. The molecule has 0 N–H and O–H groups in total. The molecule has 0 aliphatic heterocycles. The first-order chi connectivity index (χ1) is 12.6. The summed E-state index contributed by atoms with van der Waals surface area (Å²) in [5, 5.41) is 0.663. The van der Waals surface area contributed by atoms with Crippen molar-refractivity contribution in [2.45, 2.75) is 13.8 Å². The van der Waals surface area contributed by atoms with Gasteiger partial charge >= 0.3 is 12.0 Å². The first kappa shape index (κ1) is 16.1. The molecule has 3 heterocycles. The highest BCUT2D eigenvalue weighted by atomic mass is 19.1. The number of pyridine rings is 1. The maximum absolute atomic E-state index is 14.1. The molecule has 3 aromatic heterocycles. The maximum atomic E-state index is 14.1. The van der Waals surface area contributed by atoms with Crippen molar-refractivity contribution in [1.82, 2.24) is 19.4 Å². The van der Waals surface area contributed by atoms with Crippen molar-refractivity contribution in [3.8, 4) is 11.3 Å². The fourth-order valence-electron chi connectivity index (χ4n) is 2.84. The van der Waals surface area contributed by atoms with Gasteiger partial charge in [-0.05, 0) is 26.0 Å². The predicted octanol–water partition coefficient (Wildman–Crippen LogP) is 3.57. The minimum atomic E-state index is -0.841. The number of fused-ring (bicyclic) bond motifs is 3. The number of aryl methyl sites for hydroxylation is 1. The zero-order chi connectivity index (χ0) is 18.3. The molecular formula is C19H15FN4O2. The van der Waals surface area contributed by atoms with E-state index in [1.807, 2.05) is 31.2 Å². The average Bonchev–Trinajstić information content (AvgIpc) is 3.07. The topological polar surface area (TPSA) is 69.4 Å². The highest BCUT2D eigenvalue weighted by molar-refractivity contribution is 5.93. The van der Waals surface area contributed by atoms with E-state index in [0.29, 0.717) is 22.4 Å². The fourth-order valence-corrected chi connectivity index (χ4v) is 2.84. The molecule has 4 aromatic rings. The highest BCUT2D eigenvalue weighted by Crippen LogP contribution is 2.27. The summed E-state index contributed by atoms with van der Waals surface area (Å²) in [4.78, 5) is 24.1. The molecule has 6 nitrogen and oxygen atoms in total. The van der Waals surface area contributed by atoms with Gasteiger partial charge in [0.2, 0.25) is 0 Å². The highest BCUT2D eigenvalue weighted by Gasteiger charge is 2.16. The smallest absolute Gasteiger partial charge is 0.358 e. The lowest BCUT2D eigenvalue weighted by molar-refractivity contribution is 0.0520. The molecular weight excluding hydrogens is 335 g/mol. The largest absolute Gasteiger partial charge is 0.461 e. The van der Waals surface area contributed by atoms with E-state index in [-0.39, 0.29) is 12.3 Å². The number of imidazole rings is 1. The molecule has 26 heavy (non-hydrogen) atoms. The number of carbonyl (C=O) groups excluding carboxylic acids is 1. The normalized spacial score (nSPS) is 11.2. The molecule has 4 rings (SSSR count). The summed E-state index contributed by atoms with van der Waals surface area (Å²) in [6.07, 6.45) is 0.660. The molecule has 130 valence electrons. The lowest BCUT2D eigenvalue weighted by Crippen LogP contribution is -2.04. The predicted molar refractivity (Wildman–Crippen MR) is 94.4 cm³/mol. The van der Waals surface area contributed by atoms with Gasteiger partial charge in [-0.15, -0.1) is 0 Å². The van der Waals surface area contributed by atoms with Crippen molar-refractivity contribution >= 4 is 22.6 Å². The second-order valence-corrected chi connectivity index (χ2v) is 5.85. The van der Waals surface area contributed by atoms with Crippen molar-refractivity contribution in [2.75, 3.05) is 6.61 Å². The van der Waals surface area contributed by atoms with Gasteiger partial charge in [0.25, 0.3) is 0 Å². The van der Waals surface area contributed by atoms with Crippen LogP contribution in [0.5, 0.6) is 0 Å². The number of carbonyl (C=O) groups is 1. The standard InChI is InChI=1S/C19H15FN4O2/c1-3-26-18(25)14-10-24-15(21-14)9-8-13-16(22-19(20)23-17(13)24)12-6-4-11(2)5-7-12/h4-10H,3H2,1-2H3. The van der Waals surface area contributed by atoms with E-state index in [4.69, 9.17) is 4.74 Å². The minimum absolute atomic E-state index is 0.148. The Morgan fingerprint density at radius 1 is 1.12 bits per heavy atom. The van der Waals surface area contributed by atoms with E-state index in [1.54, 1.807) is 23.5 Å². The van der Waals surface area contributed by atoms with Gasteiger partial charge in [-0.25, -0.2) is 14.8 Å². The van der Waals surface area contributed by atoms with Crippen molar-refractivity contribution in [2.24, 2.45) is 0 Å². The van der Waals surface area contributed by atoms with Crippen molar-refractivity contribution in [1.29, 1.82) is 0 Å². The molecule has 7 heteroatoms. The molecule has 0 spiro atoms. The number of nitrogens with zero attached hydrogens (tertiary/aromatic N) is 4. The number of benzene rings is 1. The SMILES string of the molecule is CCOC(=O)c1cn2c(ccc3c(-c4ccc(C)cc4)nc(F)nc32)n1. The van der Waals surface area contributed by atoms with Crippen molar-refractivity contribution in [3.05, 3.63) is 59.9 Å². The van der Waals surface area contributed by atoms with Crippen LogP contribution in [0.4, 0.5) is 4.39 Å². The molecule has 0 unspecified atom stereocenters. The van der Waals surface area contributed by atoms with E-state index in [0.717, 1.165) is 11.1 Å². The van der Waals surface area contributed by atoms with Crippen LogP contribution in [0.3, 0.4) is 0 Å². The van der Waals surface area contributed by atoms with Gasteiger partial charge in [0.05, 0.1) is 12.3 Å². The zero-order valence-electron chi connectivity index (χ0n) is 14.2. The van der Waals surface area contributed by atoms with Gasteiger partial charge < -0.3 is 4.74 Å². The number of ether oxygens (including phenoxy) is 1. The van der Waals surface area contributed by atoms with Gasteiger partial charge in [-0.2, -0.15) is 9.37 Å². The van der Waals surface area contributed by atoms with Crippen molar-refractivity contribution < 1.29 is 13.9 Å². The van der Waals surface area contributed by atoms with E-state index >= 15 is 0 Å². The second kappa shape index (κ2) is 6.18. The van der Waals surface area contributed by atoms with Crippen LogP contribution >= 0.6 is 0 Å². The third-order valence-electron chi connectivity index (χ3n) is 4.07. The summed E-state index contributed by atoms with van der Waals surface area (Å²) in [6, 6.07) is 11.2. The summed E-state index contributed by atoms with van der Waals surface area (Å²) in [6.45, 7) is 3.95. The van der Waals surface area contributed by atoms with Crippen LogP contribution in [-0.4, -0.2) is 31.9 Å². The Labute approximate surface area is 148 Å². The number of aromatic nitrogens is 4. The van der Waals surface area contributed by atoms with E-state index in [1.165, 1.54) is 6.20 Å². The van der Waals surface area contributed by atoms with E-state index in [2.05, 4.69) is 15.0 Å². The van der Waals surface area contributed by atoms with Gasteiger partial charge in [0.15, 0.2) is 11.3 Å². The molecule has 0 radical (unpaired) electrons. The fraction of sp³-hybridized carbons (Fsp3) is 0.158. The van der Waals surface area contributed by atoms with E-state index in [9.17, 15) is 9.18 Å². The number of rotatable bonds is 3. The van der Waals surface area contributed by atoms with Gasteiger partial charge in [-0.1, -0.05) is 29.8 Å². The van der Waals surface area contributed by atoms with Gasteiger partial charge in [0, 0.05) is 17.1 Å². The van der Waals surface area contributed by atoms with Crippen LogP contribution in [0, 0.1) is 13.0 Å². The molecule has 0 aliphatic carbocycles. The number of hydrogen-bond donors (Lipinski definition) is 0. The van der Waals surface area contributed by atoms with Crippen LogP contribution in [0.2, 0.25) is 0 Å². The molecule has 1 aromatic carbocycles. The molecule has 0 saturated heterocycles. The van der Waals surface area contributed by atoms with E-state index < -0.39 is 12.0 Å². The Balaban J connectivity index is 1.97. The summed E-state index contributed by atoms with van der Waals surface area (Å²) in [5.74, 6) is -0.530. The van der Waals surface area contributed by atoms with Crippen LogP contribution < -0.4 is 0 Å². The monoisotopic (exact) mass is 350 g/mol. The molecule has 0 saturated carbocycles. The zero-order valence-corrected chi connectivity index (χ0v) is 14.2. The first-order valence-electron chi connectivity index (χ1n) is 8.16. The second-order valence-electron chi connectivity index (χ2n) is 5.85. The maximum Gasteiger partial charge on any atom is 0.358 e. The summed E-state index contributed by atoms with van der Waals surface area (Å²) < 4.78 is 20.7. The van der Waals surface area contributed by atoms with Crippen LogP contribution in [0.1, 0.15) is 23.0 Å². The quantitative estimate of drug-likeness (QED) is 0.417. The Hall–Kier alpha value is -3.35. The molecule has 0 atom stereocenters. The third-order valence-corrected chi connectivity index (χ3v) is 4.07. The summed E-state index contributed by atoms with van der Waals surface area (Å²) in [5.41, 5.74) is 3.34. The Kier molecular flexibility index (Phi) is 3.84. The molecule has 0 bridgehead atoms. The molecule has 0 amide bonds. The summed E-state index contributed by atoms with van der Waals surface area (Å²) in [7, 11) is 0.